The number of aromatic nitrogens is 2. The highest BCUT2D eigenvalue weighted by Gasteiger charge is 2.54. The summed E-state index contributed by atoms with van der Waals surface area (Å²) in [5.41, 5.74) is 0.881. The van der Waals surface area contributed by atoms with Crippen LogP contribution in [0.25, 0.3) is 0 Å². The Kier molecular flexibility index (Phi) is 4.40. The van der Waals surface area contributed by atoms with Gasteiger partial charge in [0.2, 0.25) is 5.28 Å². The molecular formula is C21H30ClN3O. The molecule has 2 unspecified atom stereocenters. The van der Waals surface area contributed by atoms with Crippen LogP contribution < -0.4 is 5.32 Å². The van der Waals surface area contributed by atoms with Crippen LogP contribution in [0.5, 0.6) is 0 Å². The number of nitrogens with one attached hydrogen (secondary N) is 1. The van der Waals surface area contributed by atoms with E-state index < -0.39 is 0 Å². The summed E-state index contributed by atoms with van der Waals surface area (Å²) in [6, 6.07) is 0.433. The van der Waals surface area contributed by atoms with Crippen molar-refractivity contribution in [3.8, 4) is 0 Å². The van der Waals surface area contributed by atoms with Crippen LogP contribution in [0.1, 0.15) is 82.1 Å². The molecule has 0 spiro atoms. The fourth-order valence-electron chi connectivity index (χ4n) is 6.75. The Balaban J connectivity index is 1.41. The Morgan fingerprint density at radius 1 is 1.04 bits per heavy atom. The first kappa shape index (κ1) is 17.2. The first-order chi connectivity index (χ1) is 12.6. The minimum Gasteiger partial charge on any atom is -0.390 e. The Bertz CT molecular complexity index is 657. The molecule has 0 radical (unpaired) electrons. The number of nitrogens with zero attached hydrogens (tertiary/aromatic N) is 2. The minimum atomic E-state index is -0.387. The molecule has 5 aliphatic carbocycles. The molecule has 1 aromatic heterocycles. The van der Waals surface area contributed by atoms with Gasteiger partial charge in [-0.15, -0.1) is 0 Å². The molecular weight excluding hydrogens is 346 g/mol. The Labute approximate surface area is 161 Å². The molecule has 26 heavy (non-hydrogen) atoms. The van der Waals surface area contributed by atoms with E-state index in [2.05, 4.69) is 15.3 Å². The summed E-state index contributed by atoms with van der Waals surface area (Å²) in [5, 5.41) is 15.0. The van der Waals surface area contributed by atoms with Crippen molar-refractivity contribution in [2.24, 2.45) is 17.8 Å². The van der Waals surface area contributed by atoms with Crippen LogP contribution in [0.15, 0.2) is 6.20 Å². The maximum atomic E-state index is 10.8. The zero-order chi connectivity index (χ0) is 17.7. The molecule has 6 rings (SSSR count). The van der Waals surface area contributed by atoms with E-state index in [0.29, 0.717) is 29.1 Å². The molecule has 0 saturated heterocycles. The number of hydrogen-bond acceptors (Lipinski definition) is 4. The lowest BCUT2D eigenvalue weighted by Gasteiger charge is -2.58. The van der Waals surface area contributed by atoms with Gasteiger partial charge in [-0.25, -0.2) is 9.97 Å². The first-order valence-corrected chi connectivity index (χ1v) is 11.0. The van der Waals surface area contributed by atoms with Gasteiger partial charge in [-0.05, 0) is 80.2 Å². The quantitative estimate of drug-likeness (QED) is 0.581. The molecule has 5 aliphatic rings. The van der Waals surface area contributed by atoms with Crippen LogP contribution in [0.4, 0.5) is 5.82 Å². The van der Waals surface area contributed by atoms with E-state index in [9.17, 15) is 5.11 Å². The fourth-order valence-corrected chi connectivity index (χ4v) is 6.88. The number of hydrogen-bond donors (Lipinski definition) is 2. The van der Waals surface area contributed by atoms with Crippen molar-refractivity contribution >= 4 is 17.4 Å². The summed E-state index contributed by atoms with van der Waals surface area (Å²) < 4.78 is 0. The second-order valence-corrected chi connectivity index (χ2v) is 9.83. The van der Waals surface area contributed by atoms with Crippen LogP contribution in [0.2, 0.25) is 5.28 Å². The van der Waals surface area contributed by atoms with Crippen LogP contribution in [-0.2, 0) is 0 Å². The molecule has 5 fully saturated rings. The minimum absolute atomic E-state index is 0.340. The third-order valence-electron chi connectivity index (χ3n) is 7.63. The first-order valence-electron chi connectivity index (χ1n) is 10.6. The van der Waals surface area contributed by atoms with Crippen molar-refractivity contribution in [2.75, 3.05) is 5.32 Å². The molecule has 0 amide bonds. The maximum Gasteiger partial charge on any atom is 0.224 e. The van der Waals surface area contributed by atoms with Crippen molar-refractivity contribution < 1.29 is 5.11 Å². The third-order valence-corrected chi connectivity index (χ3v) is 7.81. The average Bonchev–Trinajstić information content (AvgIpc) is 2.86. The van der Waals surface area contributed by atoms with Gasteiger partial charge in [-0.2, -0.15) is 0 Å². The number of anilines is 1. The summed E-state index contributed by atoms with van der Waals surface area (Å²) in [7, 11) is 0. The standard InChI is InChI=1S/C21H30ClN3O/c22-20-23-12-17(14-5-3-1-2-4-6-14)19(25-20)24-18-15-7-13-8-16(18)11-21(26,9-13)10-15/h12-16,18,26H,1-11H2,(H,23,24,25). The molecule has 4 bridgehead atoms. The van der Waals surface area contributed by atoms with E-state index in [1.807, 2.05) is 6.20 Å². The normalized spacial score (nSPS) is 39.8. The lowest BCUT2D eigenvalue weighted by molar-refractivity contribution is -0.129. The smallest absolute Gasteiger partial charge is 0.224 e. The van der Waals surface area contributed by atoms with E-state index in [0.717, 1.165) is 31.0 Å². The van der Waals surface area contributed by atoms with Crippen LogP contribution >= 0.6 is 11.6 Å². The van der Waals surface area contributed by atoms with Crippen molar-refractivity contribution in [3.63, 3.8) is 0 Å². The van der Waals surface area contributed by atoms with E-state index in [-0.39, 0.29) is 5.60 Å². The molecule has 5 heteroatoms. The molecule has 2 N–H and O–H groups in total. The lowest BCUT2D eigenvalue weighted by atomic mass is 9.52. The zero-order valence-electron chi connectivity index (χ0n) is 15.5. The molecule has 5 saturated carbocycles. The Morgan fingerprint density at radius 3 is 2.38 bits per heavy atom. The van der Waals surface area contributed by atoms with E-state index in [1.54, 1.807) is 0 Å². The molecule has 0 aromatic carbocycles. The summed E-state index contributed by atoms with van der Waals surface area (Å²) >= 11 is 6.18. The van der Waals surface area contributed by atoms with E-state index in [1.165, 1.54) is 56.9 Å². The molecule has 0 aliphatic heterocycles. The van der Waals surface area contributed by atoms with Gasteiger partial charge in [-0.1, -0.05) is 25.7 Å². The molecule has 4 nitrogen and oxygen atoms in total. The lowest BCUT2D eigenvalue weighted by Crippen LogP contribution is -2.59. The van der Waals surface area contributed by atoms with Crippen molar-refractivity contribution in [1.82, 2.24) is 9.97 Å². The predicted molar refractivity (Wildman–Crippen MR) is 103 cm³/mol. The monoisotopic (exact) mass is 375 g/mol. The van der Waals surface area contributed by atoms with Gasteiger partial charge in [-0.3, -0.25) is 0 Å². The largest absolute Gasteiger partial charge is 0.390 e. The molecule has 2 atom stereocenters. The summed E-state index contributed by atoms with van der Waals surface area (Å²) in [6.07, 6.45) is 15.2. The second kappa shape index (κ2) is 6.63. The van der Waals surface area contributed by atoms with E-state index in [4.69, 9.17) is 11.6 Å². The van der Waals surface area contributed by atoms with Crippen LogP contribution in [0.3, 0.4) is 0 Å². The summed E-state index contributed by atoms with van der Waals surface area (Å²) in [4.78, 5) is 8.94. The number of halogens is 1. The fraction of sp³-hybridized carbons (Fsp3) is 0.810. The van der Waals surface area contributed by atoms with Gasteiger partial charge in [0.05, 0.1) is 5.60 Å². The predicted octanol–water partition coefficient (Wildman–Crippen LogP) is 4.92. The Morgan fingerprint density at radius 2 is 1.73 bits per heavy atom. The van der Waals surface area contributed by atoms with Gasteiger partial charge in [0.15, 0.2) is 0 Å². The van der Waals surface area contributed by atoms with Crippen molar-refractivity contribution in [1.29, 1.82) is 0 Å². The maximum absolute atomic E-state index is 10.8. The van der Waals surface area contributed by atoms with Crippen LogP contribution in [0, 0.1) is 17.8 Å². The second-order valence-electron chi connectivity index (χ2n) is 9.50. The molecule has 142 valence electrons. The molecule has 1 heterocycles. The van der Waals surface area contributed by atoms with Gasteiger partial charge >= 0.3 is 0 Å². The number of rotatable bonds is 3. The highest BCUT2D eigenvalue weighted by Crippen LogP contribution is 2.56. The third kappa shape index (κ3) is 3.13. The summed E-state index contributed by atoms with van der Waals surface area (Å²) in [6.45, 7) is 0. The Hall–Kier alpha value is -0.870. The average molecular weight is 376 g/mol. The van der Waals surface area contributed by atoms with Gasteiger partial charge in [0.25, 0.3) is 0 Å². The van der Waals surface area contributed by atoms with Gasteiger partial charge in [0, 0.05) is 17.8 Å². The van der Waals surface area contributed by atoms with Gasteiger partial charge < -0.3 is 10.4 Å². The van der Waals surface area contributed by atoms with Crippen molar-refractivity contribution in [3.05, 3.63) is 17.0 Å². The highest BCUT2D eigenvalue weighted by atomic mass is 35.5. The zero-order valence-corrected chi connectivity index (χ0v) is 16.2. The SMILES string of the molecule is OC12CC3CC(C1)C(Nc1nc(Cl)ncc1C1CCCCCC1)C(C3)C2. The molecule has 1 aromatic rings. The van der Waals surface area contributed by atoms with Crippen molar-refractivity contribution in [2.45, 2.75) is 88.2 Å². The van der Waals surface area contributed by atoms with Crippen LogP contribution in [-0.4, -0.2) is 26.7 Å². The number of aliphatic hydroxyl groups is 1. The highest BCUT2D eigenvalue weighted by molar-refractivity contribution is 6.28. The topological polar surface area (TPSA) is 58.0 Å². The van der Waals surface area contributed by atoms with E-state index >= 15 is 0 Å². The van der Waals surface area contributed by atoms with Gasteiger partial charge in [0.1, 0.15) is 5.82 Å². The summed E-state index contributed by atoms with van der Waals surface area (Å²) in [5.74, 6) is 3.40.